The van der Waals surface area contributed by atoms with Crippen LogP contribution < -0.4 is 10.6 Å². The lowest BCUT2D eigenvalue weighted by Gasteiger charge is -2.27. The molecule has 0 amide bonds. The van der Waals surface area contributed by atoms with Gasteiger partial charge in [0.05, 0.1) is 0 Å². The maximum atomic E-state index is 5.24. The summed E-state index contributed by atoms with van der Waals surface area (Å²) in [7, 11) is 0. The third-order valence-corrected chi connectivity index (χ3v) is 2.79. The third-order valence-electron chi connectivity index (χ3n) is 2.79. The zero-order chi connectivity index (χ0) is 10.1. The van der Waals surface area contributed by atoms with E-state index in [-0.39, 0.29) is 0 Å². The van der Waals surface area contributed by atoms with Gasteiger partial charge in [0.25, 0.3) is 0 Å². The molecular formula is C11H13N3O. The molecule has 4 nitrogen and oxygen atoms in total. The number of oxazole rings is 1. The summed E-state index contributed by atoms with van der Waals surface area (Å²) in [6.45, 7) is 3.27. The molecule has 0 radical (unpaired) electrons. The summed E-state index contributed by atoms with van der Waals surface area (Å²) in [6, 6.07) is 6.01. The number of aromatic nitrogens is 1. The summed E-state index contributed by atoms with van der Waals surface area (Å²) in [5.74, 6) is 0.760. The molecule has 0 unspecified atom stereocenters. The Balaban J connectivity index is 1.72. The summed E-state index contributed by atoms with van der Waals surface area (Å²) < 4.78 is 5.24. The molecule has 78 valence electrons. The highest BCUT2D eigenvalue weighted by atomic mass is 16.3. The minimum atomic E-state index is 0.760. The van der Waals surface area contributed by atoms with Crippen molar-refractivity contribution in [3.63, 3.8) is 0 Å². The molecule has 2 N–H and O–H groups in total. The third kappa shape index (κ3) is 1.68. The average molecular weight is 203 g/mol. The summed E-state index contributed by atoms with van der Waals surface area (Å²) in [5, 5.41) is 6.66. The molecular weight excluding hydrogens is 190 g/mol. The van der Waals surface area contributed by atoms with E-state index in [0.717, 1.165) is 42.3 Å². The number of nitrogens with zero attached hydrogens (tertiary/aromatic N) is 1. The first-order chi connectivity index (χ1) is 7.42. The second kappa shape index (κ2) is 3.55. The first kappa shape index (κ1) is 8.73. The Morgan fingerprint density at radius 3 is 3.20 bits per heavy atom. The van der Waals surface area contributed by atoms with E-state index in [1.54, 1.807) is 0 Å². The molecule has 15 heavy (non-hydrogen) atoms. The quantitative estimate of drug-likeness (QED) is 0.793. The second-order valence-electron chi connectivity index (χ2n) is 3.94. The minimum Gasteiger partial charge on any atom is -0.443 e. The molecule has 1 aromatic carbocycles. The fourth-order valence-corrected chi connectivity index (χ4v) is 1.72. The fourth-order valence-electron chi connectivity index (χ4n) is 1.72. The molecule has 1 aliphatic heterocycles. The van der Waals surface area contributed by atoms with Gasteiger partial charge >= 0.3 is 0 Å². The zero-order valence-electron chi connectivity index (χ0n) is 8.36. The maximum Gasteiger partial charge on any atom is 0.181 e. The lowest BCUT2D eigenvalue weighted by atomic mass is 10.0. The van der Waals surface area contributed by atoms with Crippen LogP contribution in [-0.4, -0.2) is 24.6 Å². The Labute approximate surface area is 87.7 Å². The van der Waals surface area contributed by atoms with Gasteiger partial charge < -0.3 is 15.1 Å². The number of hydrogen-bond acceptors (Lipinski definition) is 4. The van der Waals surface area contributed by atoms with E-state index in [9.17, 15) is 0 Å². The molecule has 4 heteroatoms. The average Bonchev–Trinajstić information content (AvgIpc) is 2.62. The first-order valence-corrected chi connectivity index (χ1v) is 5.20. The highest BCUT2D eigenvalue weighted by Gasteiger charge is 2.15. The molecule has 0 spiro atoms. The van der Waals surface area contributed by atoms with Crippen LogP contribution in [0.15, 0.2) is 29.0 Å². The molecule has 0 atom stereocenters. The van der Waals surface area contributed by atoms with Crippen LogP contribution in [0.1, 0.15) is 0 Å². The maximum absolute atomic E-state index is 5.24. The van der Waals surface area contributed by atoms with Gasteiger partial charge in [-0.3, -0.25) is 0 Å². The van der Waals surface area contributed by atoms with E-state index in [0.29, 0.717) is 0 Å². The van der Waals surface area contributed by atoms with Gasteiger partial charge in [-0.05, 0) is 12.1 Å². The lowest BCUT2D eigenvalue weighted by molar-refractivity contribution is 0.365. The van der Waals surface area contributed by atoms with Crippen LogP contribution in [0.4, 0.5) is 5.69 Å². The van der Waals surface area contributed by atoms with E-state index >= 15 is 0 Å². The first-order valence-electron chi connectivity index (χ1n) is 5.20. The predicted octanol–water partition coefficient (Wildman–Crippen LogP) is 1.46. The summed E-state index contributed by atoms with van der Waals surface area (Å²) in [6.07, 6.45) is 1.48. The molecule has 0 saturated carbocycles. The van der Waals surface area contributed by atoms with E-state index in [4.69, 9.17) is 4.42 Å². The van der Waals surface area contributed by atoms with Gasteiger partial charge in [-0.15, -0.1) is 0 Å². The van der Waals surface area contributed by atoms with Gasteiger partial charge in [0.2, 0.25) is 0 Å². The normalized spacial score (nSPS) is 16.5. The van der Waals surface area contributed by atoms with Crippen molar-refractivity contribution in [2.24, 2.45) is 5.92 Å². The Morgan fingerprint density at radius 1 is 1.47 bits per heavy atom. The number of fused-ring (bicyclic) bond motifs is 1. The monoisotopic (exact) mass is 203 g/mol. The number of benzene rings is 1. The van der Waals surface area contributed by atoms with Crippen molar-refractivity contribution >= 4 is 16.8 Å². The molecule has 1 aromatic heterocycles. The van der Waals surface area contributed by atoms with Gasteiger partial charge in [0.15, 0.2) is 12.0 Å². The Kier molecular flexibility index (Phi) is 2.07. The van der Waals surface area contributed by atoms with Crippen LogP contribution in [0.5, 0.6) is 0 Å². The van der Waals surface area contributed by atoms with Crippen molar-refractivity contribution in [3.8, 4) is 0 Å². The Bertz CT molecular complexity index is 462. The molecule has 2 heterocycles. The van der Waals surface area contributed by atoms with Crippen molar-refractivity contribution in [1.29, 1.82) is 0 Å². The van der Waals surface area contributed by atoms with Gasteiger partial charge in [0.1, 0.15) is 5.52 Å². The number of rotatable bonds is 3. The van der Waals surface area contributed by atoms with Crippen LogP contribution in [0.25, 0.3) is 11.1 Å². The number of anilines is 1. The van der Waals surface area contributed by atoms with Gasteiger partial charge in [-0.2, -0.15) is 0 Å². The van der Waals surface area contributed by atoms with Crippen molar-refractivity contribution in [2.75, 3.05) is 25.0 Å². The van der Waals surface area contributed by atoms with E-state index in [1.807, 2.05) is 18.2 Å². The molecule has 3 rings (SSSR count). The predicted molar refractivity (Wildman–Crippen MR) is 58.9 cm³/mol. The Hall–Kier alpha value is -1.55. The standard InChI is InChI=1S/C11H13N3O/c1-2-10-11(15-7-14-10)3-9(1)13-6-8-4-12-5-8/h1-3,7-8,12-13H,4-6H2. The SMILES string of the molecule is c1nc2ccc(NCC3CNC3)cc2o1. The van der Waals surface area contributed by atoms with Gasteiger partial charge in [-0.25, -0.2) is 4.98 Å². The fraction of sp³-hybridized carbons (Fsp3) is 0.364. The smallest absolute Gasteiger partial charge is 0.181 e. The van der Waals surface area contributed by atoms with E-state index < -0.39 is 0 Å². The zero-order valence-corrected chi connectivity index (χ0v) is 8.36. The number of hydrogen-bond donors (Lipinski definition) is 2. The minimum absolute atomic E-state index is 0.760. The highest BCUT2D eigenvalue weighted by Crippen LogP contribution is 2.18. The molecule has 1 saturated heterocycles. The molecule has 1 fully saturated rings. The molecule has 2 aromatic rings. The number of nitrogens with one attached hydrogen (secondary N) is 2. The van der Waals surface area contributed by atoms with Crippen molar-refractivity contribution in [1.82, 2.24) is 10.3 Å². The van der Waals surface area contributed by atoms with Crippen LogP contribution in [0.3, 0.4) is 0 Å². The van der Waals surface area contributed by atoms with Crippen LogP contribution >= 0.6 is 0 Å². The van der Waals surface area contributed by atoms with Gasteiger partial charge in [-0.1, -0.05) is 0 Å². The molecule has 0 bridgehead atoms. The highest BCUT2D eigenvalue weighted by molar-refractivity contribution is 5.76. The Morgan fingerprint density at radius 2 is 2.40 bits per heavy atom. The molecule has 0 aliphatic carbocycles. The lowest BCUT2D eigenvalue weighted by Crippen LogP contribution is -2.45. The summed E-state index contributed by atoms with van der Waals surface area (Å²) >= 11 is 0. The second-order valence-corrected chi connectivity index (χ2v) is 3.94. The summed E-state index contributed by atoms with van der Waals surface area (Å²) in [4.78, 5) is 4.08. The van der Waals surface area contributed by atoms with Crippen molar-refractivity contribution < 1.29 is 4.42 Å². The topological polar surface area (TPSA) is 50.1 Å². The molecule has 1 aliphatic rings. The van der Waals surface area contributed by atoms with Crippen LogP contribution in [0, 0.1) is 5.92 Å². The van der Waals surface area contributed by atoms with E-state index in [1.165, 1.54) is 6.39 Å². The van der Waals surface area contributed by atoms with Crippen molar-refractivity contribution in [3.05, 3.63) is 24.6 Å². The van der Waals surface area contributed by atoms with Gasteiger partial charge in [0, 0.05) is 37.3 Å². The summed E-state index contributed by atoms with van der Waals surface area (Å²) in [5.41, 5.74) is 2.85. The van der Waals surface area contributed by atoms with Crippen LogP contribution in [-0.2, 0) is 0 Å². The largest absolute Gasteiger partial charge is 0.443 e. The van der Waals surface area contributed by atoms with Crippen molar-refractivity contribution in [2.45, 2.75) is 0 Å². The van der Waals surface area contributed by atoms with E-state index in [2.05, 4.69) is 15.6 Å². The van der Waals surface area contributed by atoms with Crippen LogP contribution in [0.2, 0.25) is 0 Å².